The third-order valence-corrected chi connectivity index (χ3v) is 3.88. The summed E-state index contributed by atoms with van der Waals surface area (Å²) < 4.78 is 1.87. The molecule has 0 amide bonds. The first-order chi connectivity index (χ1) is 9.29. The molecule has 0 bridgehead atoms. The van der Waals surface area contributed by atoms with E-state index < -0.39 is 0 Å². The van der Waals surface area contributed by atoms with Gasteiger partial charge in [0.1, 0.15) is 5.52 Å². The monoisotopic (exact) mass is 260 g/mol. The van der Waals surface area contributed by atoms with Crippen LogP contribution in [0.5, 0.6) is 0 Å². The lowest BCUT2D eigenvalue weighted by Crippen LogP contribution is -2.51. The molecule has 6 heteroatoms. The van der Waals surface area contributed by atoms with Crippen molar-refractivity contribution in [2.45, 2.75) is 13.0 Å². The van der Waals surface area contributed by atoms with Crippen molar-refractivity contribution < 1.29 is 0 Å². The fourth-order valence-corrected chi connectivity index (χ4v) is 2.61. The zero-order valence-corrected chi connectivity index (χ0v) is 11.2. The van der Waals surface area contributed by atoms with Crippen LogP contribution in [0.25, 0.3) is 5.52 Å². The minimum atomic E-state index is 0.459. The van der Waals surface area contributed by atoms with E-state index >= 15 is 0 Å². The zero-order chi connectivity index (χ0) is 13.2. The average Bonchev–Trinajstić information content (AvgIpc) is 2.95. The summed E-state index contributed by atoms with van der Waals surface area (Å²) in [7, 11) is 0. The van der Waals surface area contributed by atoms with Gasteiger partial charge in [0.25, 0.3) is 0 Å². The second kappa shape index (κ2) is 5.14. The van der Waals surface area contributed by atoms with Crippen LogP contribution in [0.3, 0.4) is 0 Å². The van der Waals surface area contributed by atoms with E-state index in [0.717, 1.165) is 44.1 Å². The van der Waals surface area contributed by atoms with Crippen LogP contribution in [0.15, 0.2) is 24.7 Å². The molecule has 102 valence electrons. The van der Waals surface area contributed by atoms with Crippen LogP contribution < -0.4 is 10.6 Å². The van der Waals surface area contributed by atoms with E-state index in [1.807, 2.05) is 29.2 Å². The third-order valence-electron chi connectivity index (χ3n) is 3.88. The van der Waals surface area contributed by atoms with Crippen molar-refractivity contribution in [3.63, 3.8) is 0 Å². The van der Waals surface area contributed by atoms with Gasteiger partial charge in [-0.1, -0.05) is 0 Å². The molecule has 3 heterocycles. The maximum atomic E-state index is 5.73. The Kier molecular flexibility index (Phi) is 3.35. The molecule has 3 rings (SSSR count). The Labute approximate surface area is 112 Å². The number of hydrogen-bond acceptors (Lipinski definition) is 5. The Morgan fingerprint density at radius 3 is 2.79 bits per heavy atom. The zero-order valence-electron chi connectivity index (χ0n) is 11.2. The van der Waals surface area contributed by atoms with E-state index in [1.165, 1.54) is 0 Å². The fraction of sp³-hybridized carbons (Fsp3) is 0.538. The summed E-state index contributed by atoms with van der Waals surface area (Å²) in [5.74, 6) is 1.03. The van der Waals surface area contributed by atoms with E-state index in [2.05, 4.69) is 26.8 Å². The van der Waals surface area contributed by atoms with Gasteiger partial charge in [-0.05, 0) is 13.0 Å². The van der Waals surface area contributed by atoms with Gasteiger partial charge in [-0.3, -0.25) is 4.90 Å². The van der Waals surface area contributed by atoms with Crippen LogP contribution >= 0.6 is 0 Å². The Bertz CT molecular complexity index is 543. The Morgan fingerprint density at radius 1 is 1.26 bits per heavy atom. The molecule has 0 saturated carbocycles. The minimum absolute atomic E-state index is 0.459. The number of fused-ring (bicyclic) bond motifs is 1. The molecular formula is C13H20N6. The van der Waals surface area contributed by atoms with Crippen LogP contribution in [0.1, 0.15) is 6.92 Å². The molecule has 0 aliphatic carbocycles. The highest BCUT2D eigenvalue weighted by Gasteiger charge is 2.22. The first-order valence-electron chi connectivity index (χ1n) is 6.77. The van der Waals surface area contributed by atoms with E-state index in [4.69, 9.17) is 5.73 Å². The van der Waals surface area contributed by atoms with E-state index in [-0.39, 0.29) is 0 Å². The largest absolute Gasteiger partial charge is 0.352 e. The first kappa shape index (κ1) is 12.4. The molecule has 1 saturated heterocycles. The van der Waals surface area contributed by atoms with Crippen LogP contribution in [-0.2, 0) is 0 Å². The van der Waals surface area contributed by atoms with E-state index in [0.29, 0.717) is 6.04 Å². The third kappa shape index (κ3) is 2.29. The lowest BCUT2D eigenvalue weighted by atomic mass is 10.2. The molecular weight excluding hydrogens is 240 g/mol. The van der Waals surface area contributed by atoms with Gasteiger partial charge in [0.15, 0.2) is 5.82 Å². The molecule has 1 atom stereocenters. The van der Waals surface area contributed by atoms with Gasteiger partial charge < -0.3 is 10.6 Å². The highest BCUT2D eigenvalue weighted by Crippen LogP contribution is 2.19. The van der Waals surface area contributed by atoms with Gasteiger partial charge in [-0.2, -0.15) is 5.10 Å². The van der Waals surface area contributed by atoms with Gasteiger partial charge in [-0.15, -0.1) is 0 Å². The molecule has 1 unspecified atom stereocenters. The second-order valence-corrected chi connectivity index (χ2v) is 5.02. The number of anilines is 1. The maximum absolute atomic E-state index is 5.73. The van der Waals surface area contributed by atoms with Crippen LogP contribution in [0.4, 0.5) is 5.82 Å². The summed E-state index contributed by atoms with van der Waals surface area (Å²) in [5.41, 5.74) is 6.80. The number of piperazine rings is 1. The summed E-state index contributed by atoms with van der Waals surface area (Å²) in [4.78, 5) is 9.28. The molecule has 6 nitrogen and oxygen atoms in total. The average molecular weight is 260 g/mol. The molecule has 0 aromatic carbocycles. The standard InChI is InChI=1S/C13H20N6/c1-11(10-14)17-6-8-18(9-7-17)13-12-2-3-16-19(12)5-4-15-13/h2-5,11H,6-10,14H2,1H3. The van der Waals surface area contributed by atoms with Crippen LogP contribution in [-0.4, -0.2) is 58.3 Å². The SMILES string of the molecule is CC(CN)N1CCN(c2nccn3nccc23)CC1. The first-order valence-corrected chi connectivity index (χ1v) is 6.77. The molecule has 19 heavy (non-hydrogen) atoms. The maximum Gasteiger partial charge on any atom is 0.154 e. The van der Waals surface area contributed by atoms with E-state index in [1.54, 1.807) is 0 Å². The predicted molar refractivity (Wildman–Crippen MR) is 75.3 cm³/mol. The number of hydrogen-bond donors (Lipinski definition) is 1. The normalized spacial score (nSPS) is 18.9. The van der Waals surface area contributed by atoms with E-state index in [9.17, 15) is 0 Å². The van der Waals surface area contributed by atoms with Crippen LogP contribution in [0.2, 0.25) is 0 Å². The Balaban J connectivity index is 1.76. The van der Waals surface area contributed by atoms with Crippen molar-refractivity contribution in [3.8, 4) is 0 Å². The Hall–Kier alpha value is -1.66. The van der Waals surface area contributed by atoms with Crippen molar-refractivity contribution in [1.82, 2.24) is 19.5 Å². The summed E-state index contributed by atoms with van der Waals surface area (Å²) in [6.07, 6.45) is 5.50. The molecule has 2 aromatic heterocycles. The molecule has 2 N–H and O–H groups in total. The van der Waals surface area contributed by atoms with Crippen LogP contribution in [0, 0.1) is 0 Å². The van der Waals surface area contributed by atoms with Crippen molar-refractivity contribution in [2.24, 2.45) is 5.73 Å². The molecule has 0 radical (unpaired) electrons. The summed E-state index contributed by atoms with van der Waals surface area (Å²) in [6.45, 7) is 6.96. The number of nitrogens with two attached hydrogens (primary N) is 1. The predicted octanol–water partition coefficient (Wildman–Crippen LogP) is 0.199. The molecule has 0 spiro atoms. The molecule has 1 aliphatic heterocycles. The van der Waals surface area contributed by atoms with Gasteiger partial charge in [0, 0.05) is 51.2 Å². The minimum Gasteiger partial charge on any atom is -0.352 e. The molecule has 1 aliphatic rings. The highest BCUT2D eigenvalue weighted by molar-refractivity contribution is 5.68. The second-order valence-electron chi connectivity index (χ2n) is 5.02. The fourth-order valence-electron chi connectivity index (χ4n) is 2.61. The van der Waals surface area contributed by atoms with Gasteiger partial charge >= 0.3 is 0 Å². The summed E-state index contributed by atoms with van der Waals surface area (Å²) >= 11 is 0. The summed E-state index contributed by atoms with van der Waals surface area (Å²) in [6, 6.07) is 2.47. The Morgan fingerprint density at radius 2 is 2.05 bits per heavy atom. The van der Waals surface area contributed by atoms with Crippen molar-refractivity contribution in [3.05, 3.63) is 24.7 Å². The number of aromatic nitrogens is 3. The summed E-state index contributed by atoms with van der Waals surface area (Å²) in [5, 5.41) is 4.25. The number of nitrogens with zero attached hydrogens (tertiary/aromatic N) is 5. The van der Waals surface area contributed by atoms with Crippen molar-refractivity contribution >= 4 is 11.3 Å². The van der Waals surface area contributed by atoms with Gasteiger partial charge in [0.2, 0.25) is 0 Å². The van der Waals surface area contributed by atoms with Crippen molar-refractivity contribution in [2.75, 3.05) is 37.6 Å². The topological polar surface area (TPSA) is 62.7 Å². The van der Waals surface area contributed by atoms with Gasteiger partial charge in [0.05, 0.1) is 6.20 Å². The quantitative estimate of drug-likeness (QED) is 0.854. The molecule has 1 fully saturated rings. The lowest BCUT2D eigenvalue weighted by Gasteiger charge is -2.38. The van der Waals surface area contributed by atoms with Crippen molar-refractivity contribution in [1.29, 1.82) is 0 Å². The highest BCUT2D eigenvalue weighted by atomic mass is 15.3. The lowest BCUT2D eigenvalue weighted by molar-refractivity contribution is 0.201. The van der Waals surface area contributed by atoms with Gasteiger partial charge in [-0.25, -0.2) is 9.50 Å². The number of rotatable bonds is 3. The smallest absolute Gasteiger partial charge is 0.154 e. The molecule has 2 aromatic rings.